The summed E-state index contributed by atoms with van der Waals surface area (Å²) < 4.78 is 23.2. The Bertz CT molecular complexity index is 785. The van der Waals surface area contributed by atoms with E-state index in [-0.39, 0.29) is 17.5 Å². The molecule has 8 heteroatoms. The van der Waals surface area contributed by atoms with Gasteiger partial charge in [0.1, 0.15) is 0 Å². The quantitative estimate of drug-likeness (QED) is 0.896. The lowest BCUT2D eigenvalue weighted by molar-refractivity contribution is 0.251. The fraction of sp³-hybridized carbons (Fsp3) is 0.286. The highest BCUT2D eigenvalue weighted by Gasteiger charge is 2.25. The van der Waals surface area contributed by atoms with Gasteiger partial charge in [-0.15, -0.1) is 11.3 Å². The van der Waals surface area contributed by atoms with Crippen LogP contribution in [0.3, 0.4) is 0 Å². The van der Waals surface area contributed by atoms with Gasteiger partial charge in [-0.3, -0.25) is 5.32 Å². The minimum Gasteiger partial charge on any atom is -0.334 e. The third-order valence-corrected chi connectivity index (χ3v) is 6.05. The summed E-state index contributed by atoms with van der Waals surface area (Å²) in [6.45, 7) is 0.423. The first-order chi connectivity index (χ1) is 10.5. The number of aryl methyl sites for hydroxylation is 1. The van der Waals surface area contributed by atoms with Crippen LogP contribution in [-0.2, 0) is 28.6 Å². The summed E-state index contributed by atoms with van der Waals surface area (Å²) in [5, 5.41) is 5.84. The fourth-order valence-electron chi connectivity index (χ4n) is 2.19. The lowest BCUT2D eigenvalue weighted by Crippen LogP contribution is -2.28. The number of rotatable bonds is 3. The van der Waals surface area contributed by atoms with Gasteiger partial charge in [-0.25, -0.2) is 18.2 Å². The second-order valence-corrected chi connectivity index (χ2v) is 8.29. The van der Waals surface area contributed by atoms with Crippen LogP contribution < -0.4 is 10.6 Å². The van der Waals surface area contributed by atoms with E-state index in [2.05, 4.69) is 15.6 Å². The number of nitrogens with one attached hydrogen (secondary N) is 2. The highest BCUT2D eigenvalue weighted by Crippen LogP contribution is 2.29. The van der Waals surface area contributed by atoms with Gasteiger partial charge in [-0.2, -0.15) is 0 Å². The van der Waals surface area contributed by atoms with E-state index < -0.39 is 9.84 Å². The van der Waals surface area contributed by atoms with Crippen LogP contribution in [0.4, 0.5) is 9.93 Å². The molecular formula is C14H15N3O3S2. The lowest BCUT2D eigenvalue weighted by atomic mass is 10.2. The van der Waals surface area contributed by atoms with E-state index in [0.717, 1.165) is 16.1 Å². The first-order valence-electron chi connectivity index (χ1n) is 6.80. The molecule has 1 aromatic heterocycles. The van der Waals surface area contributed by atoms with E-state index in [4.69, 9.17) is 0 Å². The Labute approximate surface area is 132 Å². The molecule has 0 radical (unpaired) electrons. The van der Waals surface area contributed by atoms with Gasteiger partial charge in [0, 0.05) is 17.8 Å². The molecule has 0 fully saturated rings. The molecule has 0 saturated heterocycles. The van der Waals surface area contributed by atoms with Gasteiger partial charge in [0.05, 0.1) is 17.2 Å². The fourth-order valence-corrected chi connectivity index (χ4v) is 4.98. The second-order valence-electron chi connectivity index (χ2n) is 5.02. The van der Waals surface area contributed by atoms with Gasteiger partial charge in [-0.1, -0.05) is 30.3 Å². The van der Waals surface area contributed by atoms with Crippen molar-refractivity contribution in [3.05, 3.63) is 46.5 Å². The third-order valence-electron chi connectivity index (χ3n) is 3.30. The number of benzene rings is 1. The molecule has 0 aliphatic carbocycles. The number of anilines is 1. The minimum atomic E-state index is -3.02. The van der Waals surface area contributed by atoms with Crippen LogP contribution in [0.5, 0.6) is 0 Å². The standard InChI is InChI=1S/C14H15N3O3S2/c18-13(15-8-10-4-2-1-3-5-10)17-14-16-11-6-7-22(19,20)9-12(11)21-14/h1-5H,6-9H2,(H2,15,16,17,18). The SMILES string of the molecule is O=C(NCc1ccccc1)Nc1nc2c(s1)CS(=O)(=O)CC2. The number of sulfone groups is 1. The van der Waals surface area contributed by atoms with Gasteiger partial charge in [0.2, 0.25) is 0 Å². The monoisotopic (exact) mass is 337 g/mol. The van der Waals surface area contributed by atoms with Gasteiger partial charge < -0.3 is 5.32 Å². The molecular weight excluding hydrogens is 322 g/mol. The van der Waals surface area contributed by atoms with Gasteiger partial charge in [0.25, 0.3) is 0 Å². The van der Waals surface area contributed by atoms with Crippen molar-refractivity contribution >= 4 is 32.3 Å². The van der Waals surface area contributed by atoms with Crippen LogP contribution in [0.15, 0.2) is 30.3 Å². The Morgan fingerprint density at radius 2 is 2.05 bits per heavy atom. The lowest BCUT2D eigenvalue weighted by Gasteiger charge is -2.08. The number of carbonyl (C=O) groups is 1. The predicted molar refractivity (Wildman–Crippen MR) is 85.6 cm³/mol. The van der Waals surface area contributed by atoms with E-state index in [1.54, 1.807) is 0 Å². The zero-order valence-electron chi connectivity index (χ0n) is 11.7. The molecule has 22 heavy (non-hydrogen) atoms. The number of hydrogen-bond acceptors (Lipinski definition) is 5. The van der Waals surface area contributed by atoms with E-state index in [0.29, 0.717) is 18.1 Å². The largest absolute Gasteiger partial charge is 0.334 e. The Morgan fingerprint density at radius 1 is 1.27 bits per heavy atom. The molecule has 0 saturated carbocycles. The molecule has 2 heterocycles. The van der Waals surface area contributed by atoms with Gasteiger partial charge >= 0.3 is 6.03 Å². The molecule has 116 valence electrons. The Morgan fingerprint density at radius 3 is 2.82 bits per heavy atom. The van der Waals surface area contributed by atoms with Crippen molar-refractivity contribution in [2.24, 2.45) is 0 Å². The summed E-state index contributed by atoms with van der Waals surface area (Å²) in [6, 6.07) is 9.23. The van der Waals surface area contributed by atoms with Crippen LogP contribution in [-0.4, -0.2) is 25.2 Å². The van der Waals surface area contributed by atoms with Crippen molar-refractivity contribution in [3.63, 3.8) is 0 Å². The molecule has 6 nitrogen and oxygen atoms in total. The van der Waals surface area contributed by atoms with Crippen molar-refractivity contribution in [3.8, 4) is 0 Å². The summed E-state index contributed by atoms with van der Waals surface area (Å²) in [6.07, 6.45) is 0.418. The highest BCUT2D eigenvalue weighted by molar-refractivity contribution is 7.90. The summed E-state index contributed by atoms with van der Waals surface area (Å²) in [7, 11) is -3.02. The molecule has 2 aromatic rings. The molecule has 2 N–H and O–H groups in total. The first kappa shape index (κ1) is 15.0. The van der Waals surface area contributed by atoms with Crippen LogP contribution in [0.2, 0.25) is 0 Å². The average Bonchev–Trinajstić information content (AvgIpc) is 2.86. The first-order valence-corrected chi connectivity index (χ1v) is 9.43. The maximum absolute atomic E-state index is 11.9. The molecule has 0 bridgehead atoms. The Balaban J connectivity index is 1.60. The Hall–Kier alpha value is -1.93. The number of urea groups is 1. The van der Waals surface area contributed by atoms with Gasteiger partial charge in [0.15, 0.2) is 15.0 Å². The van der Waals surface area contributed by atoms with Crippen molar-refractivity contribution in [1.82, 2.24) is 10.3 Å². The average molecular weight is 337 g/mol. The van der Waals surface area contributed by atoms with Crippen LogP contribution in [0.1, 0.15) is 16.1 Å². The van der Waals surface area contributed by atoms with Gasteiger partial charge in [-0.05, 0) is 5.56 Å². The molecule has 3 rings (SSSR count). The summed E-state index contributed by atoms with van der Waals surface area (Å²) in [4.78, 5) is 16.9. The molecule has 0 atom stereocenters. The smallest absolute Gasteiger partial charge is 0.321 e. The van der Waals surface area contributed by atoms with Crippen molar-refractivity contribution in [2.45, 2.75) is 18.7 Å². The van der Waals surface area contributed by atoms with E-state index >= 15 is 0 Å². The Kier molecular flexibility index (Phi) is 4.12. The zero-order chi connectivity index (χ0) is 15.6. The number of nitrogens with zero attached hydrogens (tertiary/aromatic N) is 1. The second kappa shape index (κ2) is 6.05. The summed E-state index contributed by atoms with van der Waals surface area (Å²) in [5.41, 5.74) is 1.78. The van der Waals surface area contributed by atoms with Crippen LogP contribution >= 0.6 is 11.3 Å². The number of hydrogen-bond donors (Lipinski definition) is 2. The summed E-state index contributed by atoms with van der Waals surface area (Å²) in [5.74, 6) is 0.149. The molecule has 1 aromatic carbocycles. The van der Waals surface area contributed by atoms with Crippen LogP contribution in [0, 0.1) is 0 Å². The third kappa shape index (κ3) is 3.63. The van der Waals surface area contributed by atoms with E-state index in [9.17, 15) is 13.2 Å². The van der Waals surface area contributed by atoms with Crippen molar-refractivity contribution in [2.75, 3.05) is 11.1 Å². The number of aromatic nitrogens is 1. The molecule has 1 aliphatic rings. The molecule has 0 spiro atoms. The number of amides is 2. The predicted octanol–water partition coefficient (Wildman–Crippen LogP) is 1.94. The zero-order valence-corrected chi connectivity index (χ0v) is 13.3. The number of thiazole rings is 1. The number of carbonyl (C=O) groups excluding carboxylic acids is 1. The maximum atomic E-state index is 11.9. The number of fused-ring (bicyclic) bond motifs is 1. The van der Waals surface area contributed by atoms with E-state index in [1.165, 1.54) is 11.3 Å². The van der Waals surface area contributed by atoms with Crippen molar-refractivity contribution < 1.29 is 13.2 Å². The highest BCUT2D eigenvalue weighted by atomic mass is 32.2. The summed E-state index contributed by atoms with van der Waals surface area (Å²) >= 11 is 1.23. The molecule has 1 aliphatic heterocycles. The van der Waals surface area contributed by atoms with Crippen LogP contribution in [0.25, 0.3) is 0 Å². The topological polar surface area (TPSA) is 88.2 Å². The molecule has 0 unspecified atom stereocenters. The normalized spacial score (nSPS) is 15.8. The minimum absolute atomic E-state index is 0.0211. The maximum Gasteiger partial charge on any atom is 0.321 e. The van der Waals surface area contributed by atoms with E-state index in [1.807, 2.05) is 30.3 Å². The molecule has 2 amide bonds. The van der Waals surface area contributed by atoms with Crippen molar-refractivity contribution in [1.29, 1.82) is 0 Å².